The van der Waals surface area contributed by atoms with E-state index in [1.807, 2.05) is 0 Å². The second-order valence-electron chi connectivity index (χ2n) is 2.53. The molecule has 7 nitrogen and oxygen atoms in total. The number of methoxy groups -OCH3 is 1. The van der Waals surface area contributed by atoms with E-state index in [1.54, 1.807) is 13.8 Å². The van der Waals surface area contributed by atoms with Gasteiger partial charge in [0.1, 0.15) is 0 Å². The standard InChI is InChI=1S/C8H15NO6/c1-4-14-8(15-5-2)6(9(11)12)7(10)13-3/h6,8H,4-5H2,1-3H3/t6-/m0/s1. The Kier molecular flexibility index (Phi) is 6.56. The maximum absolute atomic E-state index is 11.1. The highest BCUT2D eigenvalue weighted by Gasteiger charge is 2.41. The summed E-state index contributed by atoms with van der Waals surface area (Å²) < 4.78 is 14.2. The van der Waals surface area contributed by atoms with Crippen LogP contribution < -0.4 is 0 Å². The minimum atomic E-state index is -1.64. The zero-order valence-electron chi connectivity index (χ0n) is 8.97. The quantitative estimate of drug-likeness (QED) is 0.264. The minimum absolute atomic E-state index is 0.214. The van der Waals surface area contributed by atoms with Crippen LogP contribution >= 0.6 is 0 Å². The maximum Gasteiger partial charge on any atom is 0.387 e. The first kappa shape index (κ1) is 13.8. The van der Waals surface area contributed by atoms with Gasteiger partial charge >= 0.3 is 12.0 Å². The second-order valence-corrected chi connectivity index (χ2v) is 2.53. The van der Waals surface area contributed by atoms with E-state index in [0.717, 1.165) is 7.11 Å². The first-order chi connectivity index (χ1) is 7.08. The van der Waals surface area contributed by atoms with E-state index in [0.29, 0.717) is 0 Å². The maximum atomic E-state index is 11.1. The summed E-state index contributed by atoms with van der Waals surface area (Å²) in [6, 6.07) is -1.64. The summed E-state index contributed by atoms with van der Waals surface area (Å²) in [7, 11) is 1.08. The SMILES string of the molecule is CCOC(OCC)[C@H](C(=O)OC)[N+](=O)[O-]. The van der Waals surface area contributed by atoms with Crippen molar-refractivity contribution in [3.63, 3.8) is 0 Å². The lowest BCUT2D eigenvalue weighted by molar-refractivity contribution is -0.536. The van der Waals surface area contributed by atoms with Crippen LogP contribution in [0.1, 0.15) is 13.8 Å². The van der Waals surface area contributed by atoms with Crippen molar-refractivity contribution in [1.29, 1.82) is 0 Å². The van der Waals surface area contributed by atoms with Gasteiger partial charge in [-0.1, -0.05) is 0 Å². The molecule has 0 unspecified atom stereocenters. The highest BCUT2D eigenvalue weighted by molar-refractivity contribution is 5.74. The molecule has 0 saturated heterocycles. The predicted octanol–water partition coefficient (Wildman–Crippen LogP) is 0.204. The Morgan fingerprint density at radius 3 is 2.07 bits per heavy atom. The Morgan fingerprint density at radius 1 is 1.33 bits per heavy atom. The zero-order valence-corrected chi connectivity index (χ0v) is 8.97. The number of carbonyl (C=O) groups excluding carboxylic acids is 1. The van der Waals surface area contributed by atoms with Gasteiger partial charge in [-0.15, -0.1) is 0 Å². The predicted molar refractivity (Wildman–Crippen MR) is 49.8 cm³/mol. The second kappa shape index (κ2) is 7.13. The zero-order chi connectivity index (χ0) is 11.8. The topological polar surface area (TPSA) is 87.9 Å². The van der Waals surface area contributed by atoms with Crippen LogP contribution in [0.3, 0.4) is 0 Å². The molecule has 0 amide bonds. The number of carbonyl (C=O) groups is 1. The van der Waals surface area contributed by atoms with Gasteiger partial charge in [0.2, 0.25) is 6.29 Å². The summed E-state index contributed by atoms with van der Waals surface area (Å²) in [6.45, 7) is 3.73. The van der Waals surface area contributed by atoms with Gasteiger partial charge in [0.25, 0.3) is 0 Å². The van der Waals surface area contributed by atoms with Crippen molar-refractivity contribution in [1.82, 2.24) is 0 Å². The van der Waals surface area contributed by atoms with Gasteiger partial charge < -0.3 is 14.2 Å². The molecule has 15 heavy (non-hydrogen) atoms. The van der Waals surface area contributed by atoms with Crippen LogP contribution in [0, 0.1) is 10.1 Å². The number of esters is 1. The molecule has 0 spiro atoms. The van der Waals surface area contributed by atoms with Crippen molar-refractivity contribution >= 4 is 5.97 Å². The third-order valence-corrected chi connectivity index (χ3v) is 1.59. The van der Waals surface area contributed by atoms with E-state index < -0.39 is 23.2 Å². The molecule has 0 bridgehead atoms. The normalized spacial score (nSPS) is 12.5. The summed E-state index contributed by atoms with van der Waals surface area (Å²) in [5.74, 6) is -0.980. The van der Waals surface area contributed by atoms with Crippen molar-refractivity contribution in [2.24, 2.45) is 0 Å². The molecule has 0 radical (unpaired) electrons. The van der Waals surface area contributed by atoms with Crippen molar-refractivity contribution in [3.05, 3.63) is 10.1 Å². The van der Waals surface area contributed by atoms with E-state index >= 15 is 0 Å². The molecule has 0 aromatic rings. The molecule has 0 fully saturated rings. The summed E-state index contributed by atoms with van der Waals surface area (Å²) >= 11 is 0. The van der Waals surface area contributed by atoms with Gasteiger partial charge in [0.15, 0.2) is 0 Å². The van der Waals surface area contributed by atoms with Gasteiger partial charge in [-0.25, -0.2) is 4.79 Å². The number of rotatable bonds is 7. The van der Waals surface area contributed by atoms with E-state index in [2.05, 4.69) is 4.74 Å². The molecule has 88 valence electrons. The Labute approximate surface area is 87.4 Å². The monoisotopic (exact) mass is 221 g/mol. The lowest BCUT2D eigenvalue weighted by Gasteiger charge is -2.18. The van der Waals surface area contributed by atoms with E-state index in [4.69, 9.17) is 9.47 Å². The third kappa shape index (κ3) is 4.22. The van der Waals surface area contributed by atoms with Crippen LogP contribution in [0.4, 0.5) is 0 Å². The highest BCUT2D eigenvalue weighted by Crippen LogP contribution is 2.07. The fourth-order valence-electron chi connectivity index (χ4n) is 0.976. The fourth-order valence-corrected chi connectivity index (χ4v) is 0.976. The summed E-state index contributed by atoms with van der Waals surface area (Å²) in [5, 5.41) is 10.6. The van der Waals surface area contributed by atoms with Crippen LogP contribution in [-0.2, 0) is 19.0 Å². The average Bonchev–Trinajstić information content (AvgIpc) is 2.18. The van der Waals surface area contributed by atoms with Gasteiger partial charge in [0, 0.05) is 18.1 Å². The largest absolute Gasteiger partial charge is 0.464 e. The Hall–Kier alpha value is -1.21. The number of nitro groups is 1. The molecule has 0 aliphatic heterocycles. The van der Waals surface area contributed by atoms with Crippen LogP contribution in [0.5, 0.6) is 0 Å². The average molecular weight is 221 g/mol. The third-order valence-electron chi connectivity index (χ3n) is 1.59. The molecular weight excluding hydrogens is 206 g/mol. The molecule has 0 rings (SSSR count). The summed E-state index contributed by atoms with van der Waals surface area (Å²) in [5.41, 5.74) is 0. The minimum Gasteiger partial charge on any atom is -0.464 e. The lowest BCUT2D eigenvalue weighted by Crippen LogP contribution is -2.44. The number of hydrogen-bond donors (Lipinski definition) is 0. The van der Waals surface area contributed by atoms with Gasteiger partial charge in [-0.3, -0.25) is 10.1 Å². The first-order valence-electron chi connectivity index (χ1n) is 4.52. The molecule has 0 aromatic carbocycles. The van der Waals surface area contributed by atoms with Crippen molar-refractivity contribution in [3.8, 4) is 0 Å². The molecule has 0 aromatic heterocycles. The molecular formula is C8H15NO6. The molecule has 0 heterocycles. The van der Waals surface area contributed by atoms with Gasteiger partial charge in [-0.05, 0) is 13.8 Å². The molecule has 1 atom stereocenters. The van der Waals surface area contributed by atoms with E-state index in [1.165, 1.54) is 0 Å². The Morgan fingerprint density at radius 2 is 1.80 bits per heavy atom. The van der Waals surface area contributed by atoms with Crippen molar-refractivity contribution < 1.29 is 23.9 Å². The van der Waals surface area contributed by atoms with Crippen molar-refractivity contribution in [2.75, 3.05) is 20.3 Å². The lowest BCUT2D eigenvalue weighted by atomic mass is 10.3. The molecule has 0 aliphatic carbocycles. The molecule has 0 saturated carbocycles. The van der Waals surface area contributed by atoms with Crippen LogP contribution in [-0.4, -0.2) is 43.5 Å². The molecule has 0 aliphatic rings. The van der Waals surface area contributed by atoms with Gasteiger partial charge in [0.05, 0.1) is 7.11 Å². The summed E-state index contributed by atoms with van der Waals surface area (Å²) in [6.07, 6.45) is -1.21. The Bertz CT molecular complexity index is 213. The smallest absolute Gasteiger partial charge is 0.387 e. The number of ether oxygens (including phenoxy) is 3. The summed E-state index contributed by atoms with van der Waals surface area (Å²) in [4.78, 5) is 21.0. The fraction of sp³-hybridized carbons (Fsp3) is 0.875. The molecule has 0 N–H and O–H groups in total. The van der Waals surface area contributed by atoms with E-state index in [-0.39, 0.29) is 13.2 Å². The number of hydrogen-bond acceptors (Lipinski definition) is 6. The van der Waals surface area contributed by atoms with Gasteiger partial charge in [-0.2, -0.15) is 0 Å². The van der Waals surface area contributed by atoms with Crippen molar-refractivity contribution in [2.45, 2.75) is 26.2 Å². The van der Waals surface area contributed by atoms with E-state index in [9.17, 15) is 14.9 Å². The molecule has 7 heteroatoms. The Balaban J connectivity index is 4.66. The first-order valence-corrected chi connectivity index (χ1v) is 4.52. The number of nitrogens with zero attached hydrogens (tertiary/aromatic N) is 1. The van der Waals surface area contributed by atoms with Crippen LogP contribution in [0.15, 0.2) is 0 Å². The van der Waals surface area contributed by atoms with Crippen LogP contribution in [0.25, 0.3) is 0 Å². The highest BCUT2D eigenvalue weighted by atomic mass is 16.7. The van der Waals surface area contributed by atoms with Crippen LogP contribution in [0.2, 0.25) is 0 Å².